The molecule has 1 saturated heterocycles. The highest BCUT2D eigenvalue weighted by atomic mass is 32.2. The van der Waals surface area contributed by atoms with Gasteiger partial charge in [0.05, 0.1) is 4.90 Å². The van der Waals surface area contributed by atoms with E-state index >= 15 is 0 Å². The van der Waals surface area contributed by atoms with E-state index in [-0.39, 0.29) is 29.7 Å². The Kier molecular flexibility index (Phi) is 6.77. The van der Waals surface area contributed by atoms with E-state index in [0.717, 1.165) is 6.42 Å². The summed E-state index contributed by atoms with van der Waals surface area (Å²) in [5, 5.41) is 5.24. The second-order valence-corrected chi connectivity index (χ2v) is 9.01. The minimum atomic E-state index is -3.52. The van der Waals surface area contributed by atoms with Crippen molar-refractivity contribution >= 4 is 27.5 Å². The van der Waals surface area contributed by atoms with Crippen LogP contribution in [0.25, 0.3) is 0 Å². The predicted molar refractivity (Wildman–Crippen MR) is 100 cm³/mol. The van der Waals surface area contributed by atoms with Crippen molar-refractivity contribution in [3.8, 4) is 0 Å². The Labute approximate surface area is 155 Å². The van der Waals surface area contributed by atoms with E-state index in [1.165, 1.54) is 19.1 Å². The zero-order chi connectivity index (χ0) is 19.3. The van der Waals surface area contributed by atoms with E-state index in [2.05, 4.69) is 24.5 Å². The first-order valence-corrected chi connectivity index (χ1v) is 10.3. The van der Waals surface area contributed by atoms with Gasteiger partial charge in [0.1, 0.15) is 0 Å². The van der Waals surface area contributed by atoms with Gasteiger partial charge in [0.2, 0.25) is 21.8 Å². The fourth-order valence-electron chi connectivity index (χ4n) is 3.24. The summed E-state index contributed by atoms with van der Waals surface area (Å²) in [4.78, 5) is 22.8. The first-order valence-electron chi connectivity index (χ1n) is 8.83. The quantitative estimate of drug-likeness (QED) is 0.786. The van der Waals surface area contributed by atoms with Crippen LogP contribution in [0.15, 0.2) is 29.2 Å². The van der Waals surface area contributed by atoms with Crippen LogP contribution in [-0.4, -0.2) is 44.2 Å². The van der Waals surface area contributed by atoms with Gasteiger partial charge < -0.3 is 10.6 Å². The molecule has 0 radical (unpaired) electrons. The molecule has 8 heteroatoms. The molecule has 0 unspecified atom stereocenters. The summed E-state index contributed by atoms with van der Waals surface area (Å²) in [7, 11) is -3.52. The zero-order valence-corrected chi connectivity index (χ0v) is 16.3. The van der Waals surface area contributed by atoms with E-state index in [1.54, 1.807) is 16.4 Å². The van der Waals surface area contributed by atoms with E-state index < -0.39 is 10.0 Å². The van der Waals surface area contributed by atoms with Gasteiger partial charge in [0, 0.05) is 38.7 Å². The highest BCUT2D eigenvalue weighted by Gasteiger charge is 2.31. The molecule has 0 saturated carbocycles. The summed E-state index contributed by atoms with van der Waals surface area (Å²) in [5.41, 5.74) is 0.525. The second-order valence-electron chi connectivity index (χ2n) is 7.07. The molecule has 26 heavy (non-hydrogen) atoms. The molecule has 0 aliphatic carbocycles. The fourth-order valence-corrected chi connectivity index (χ4v) is 4.92. The normalized spacial score (nSPS) is 21.2. The number of hydrogen-bond donors (Lipinski definition) is 2. The minimum Gasteiger partial charge on any atom is -0.356 e. The van der Waals surface area contributed by atoms with Crippen molar-refractivity contribution in [2.24, 2.45) is 11.8 Å². The average Bonchev–Trinajstić information content (AvgIpc) is 2.54. The van der Waals surface area contributed by atoms with Crippen molar-refractivity contribution in [2.45, 2.75) is 38.5 Å². The maximum absolute atomic E-state index is 12.8. The number of piperidine rings is 1. The summed E-state index contributed by atoms with van der Waals surface area (Å²) in [6.45, 7) is 6.86. The van der Waals surface area contributed by atoms with Crippen molar-refractivity contribution < 1.29 is 18.0 Å². The third kappa shape index (κ3) is 5.54. The molecule has 1 heterocycles. The van der Waals surface area contributed by atoms with Crippen LogP contribution in [0.5, 0.6) is 0 Å². The van der Waals surface area contributed by atoms with Crippen LogP contribution in [0.4, 0.5) is 5.69 Å². The monoisotopic (exact) mass is 381 g/mol. The van der Waals surface area contributed by atoms with Crippen LogP contribution in [0, 0.1) is 11.8 Å². The van der Waals surface area contributed by atoms with Crippen molar-refractivity contribution in [3.63, 3.8) is 0 Å². The van der Waals surface area contributed by atoms with Gasteiger partial charge in [-0.1, -0.05) is 13.8 Å². The lowest BCUT2D eigenvalue weighted by atomic mass is 9.94. The molecule has 2 amide bonds. The molecule has 0 aromatic heterocycles. The Morgan fingerprint density at radius 1 is 1.12 bits per heavy atom. The number of sulfonamides is 1. The number of anilines is 1. The van der Waals surface area contributed by atoms with Crippen molar-refractivity contribution in [1.82, 2.24) is 9.62 Å². The number of benzene rings is 1. The Hall–Kier alpha value is -1.93. The molecule has 1 fully saturated rings. The topological polar surface area (TPSA) is 95.6 Å². The van der Waals surface area contributed by atoms with Crippen LogP contribution < -0.4 is 10.6 Å². The van der Waals surface area contributed by atoms with Crippen LogP contribution >= 0.6 is 0 Å². The van der Waals surface area contributed by atoms with Gasteiger partial charge in [-0.05, 0) is 42.5 Å². The summed E-state index contributed by atoms with van der Waals surface area (Å²) in [6.07, 6.45) is 1.19. The fraction of sp³-hybridized carbons (Fsp3) is 0.556. The molecule has 2 atom stereocenters. The molecule has 0 spiro atoms. The molecule has 7 nitrogen and oxygen atoms in total. The molecule has 0 bridgehead atoms. The lowest BCUT2D eigenvalue weighted by molar-refractivity contribution is -0.119. The molecule has 144 valence electrons. The van der Waals surface area contributed by atoms with Crippen LogP contribution in [0.3, 0.4) is 0 Å². The number of amides is 2. The lowest BCUT2D eigenvalue weighted by Crippen LogP contribution is -2.42. The summed E-state index contributed by atoms with van der Waals surface area (Å²) < 4.78 is 27.2. The first kappa shape index (κ1) is 20.4. The summed E-state index contributed by atoms with van der Waals surface area (Å²) >= 11 is 0. The number of hydrogen-bond acceptors (Lipinski definition) is 4. The number of nitrogens with one attached hydrogen (secondary N) is 2. The molecular weight excluding hydrogens is 354 g/mol. The third-order valence-corrected chi connectivity index (χ3v) is 6.18. The molecular formula is C18H27N3O4S. The largest absolute Gasteiger partial charge is 0.356 e. The molecule has 2 N–H and O–H groups in total. The molecule has 1 aromatic rings. The minimum absolute atomic E-state index is 0.156. The number of carbonyl (C=O) groups excluding carboxylic acids is 2. The van der Waals surface area contributed by atoms with Gasteiger partial charge in [-0.15, -0.1) is 0 Å². The van der Waals surface area contributed by atoms with E-state index in [4.69, 9.17) is 0 Å². The van der Waals surface area contributed by atoms with E-state index in [0.29, 0.717) is 30.6 Å². The standard InChI is InChI=1S/C18H27N3O4S/c1-13-10-14(2)12-21(11-13)26(24,25)17-6-4-16(5-7-17)20-18(23)8-9-19-15(3)22/h4-7,13-14H,8-12H2,1-3H3,(H,19,22)(H,20,23)/t13-,14-/m1/s1. The first-order chi connectivity index (χ1) is 12.2. The van der Waals surface area contributed by atoms with Gasteiger partial charge in [0.15, 0.2) is 0 Å². The Bertz CT molecular complexity index is 736. The van der Waals surface area contributed by atoms with Gasteiger partial charge in [-0.25, -0.2) is 8.42 Å². The molecule has 1 aromatic carbocycles. The average molecular weight is 381 g/mol. The van der Waals surface area contributed by atoms with Crippen LogP contribution in [0.1, 0.15) is 33.6 Å². The Balaban J connectivity index is 1.99. The van der Waals surface area contributed by atoms with Gasteiger partial charge >= 0.3 is 0 Å². The van der Waals surface area contributed by atoms with Crippen molar-refractivity contribution in [3.05, 3.63) is 24.3 Å². The molecule has 2 rings (SSSR count). The Morgan fingerprint density at radius 2 is 1.69 bits per heavy atom. The van der Waals surface area contributed by atoms with E-state index in [9.17, 15) is 18.0 Å². The lowest BCUT2D eigenvalue weighted by Gasteiger charge is -2.34. The summed E-state index contributed by atoms with van der Waals surface area (Å²) in [6, 6.07) is 6.20. The van der Waals surface area contributed by atoms with Crippen LogP contribution in [0.2, 0.25) is 0 Å². The number of carbonyl (C=O) groups is 2. The van der Waals surface area contributed by atoms with Crippen LogP contribution in [-0.2, 0) is 19.6 Å². The third-order valence-electron chi connectivity index (χ3n) is 4.34. The maximum Gasteiger partial charge on any atom is 0.243 e. The second kappa shape index (κ2) is 8.64. The zero-order valence-electron chi connectivity index (χ0n) is 15.5. The SMILES string of the molecule is CC(=O)NCCC(=O)Nc1ccc(S(=O)(=O)N2C[C@H](C)C[C@@H](C)C2)cc1. The van der Waals surface area contributed by atoms with Crippen molar-refractivity contribution in [1.29, 1.82) is 0 Å². The van der Waals surface area contributed by atoms with Gasteiger partial charge in [-0.2, -0.15) is 4.31 Å². The van der Waals surface area contributed by atoms with Gasteiger partial charge in [-0.3, -0.25) is 9.59 Å². The number of nitrogens with zero attached hydrogens (tertiary/aromatic N) is 1. The van der Waals surface area contributed by atoms with E-state index in [1.807, 2.05) is 0 Å². The maximum atomic E-state index is 12.8. The molecule has 1 aliphatic heterocycles. The highest BCUT2D eigenvalue weighted by Crippen LogP contribution is 2.27. The highest BCUT2D eigenvalue weighted by molar-refractivity contribution is 7.89. The molecule has 1 aliphatic rings. The predicted octanol–water partition coefficient (Wildman–Crippen LogP) is 1.82. The van der Waals surface area contributed by atoms with Gasteiger partial charge in [0.25, 0.3) is 0 Å². The smallest absolute Gasteiger partial charge is 0.243 e. The van der Waals surface area contributed by atoms with Crippen molar-refractivity contribution in [2.75, 3.05) is 25.0 Å². The number of rotatable bonds is 6. The summed E-state index contributed by atoms with van der Waals surface area (Å²) in [5.74, 6) is 0.258. The Morgan fingerprint density at radius 3 is 2.23 bits per heavy atom.